The van der Waals surface area contributed by atoms with E-state index in [1.165, 1.54) is 11.6 Å². The molecule has 0 bridgehead atoms. The lowest BCUT2D eigenvalue weighted by Gasteiger charge is -2.14. The van der Waals surface area contributed by atoms with Crippen molar-refractivity contribution in [2.75, 3.05) is 6.61 Å². The Bertz CT molecular complexity index is 577. The molecule has 21 heavy (non-hydrogen) atoms. The number of carbonyl (C=O) groups is 1. The Balaban J connectivity index is 3.11. The van der Waals surface area contributed by atoms with Crippen LogP contribution in [0.25, 0.3) is 6.08 Å². The van der Waals surface area contributed by atoms with Gasteiger partial charge in [0.1, 0.15) is 12.4 Å². The summed E-state index contributed by atoms with van der Waals surface area (Å²) in [5.74, 6) is -1.58. The summed E-state index contributed by atoms with van der Waals surface area (Å²) >= 11 is 5.42. The van der Waals surface area contributed by atoms with Gasteiger partial charge in [0.15, 0.2) is 0 Å². The quantitative estimate of drug-likeness (QED) is 0.822. The molecule has 0 atom stereocenters. The predicted molar refractivity (Wildman–Crippen MR) is 73.2 cm³/mol. The second-order valence-corrected chi connectivity index (χ2v) is 4.39. The van der Waals surface area contributed by atoms with E-state index in [1.807, 2.05) is 0 Å². The van der Waals surface area contributed by atoms with Gasteiger partial charge in [0.05, 0.1) is 5.56 Å². The number of carboxylic acids is 1. The normalized spacial score (nSPS) is 12.7. The molecule has 0 spiro atoms. The minimum absolute atomic E-state index is 0.0725. The second kappa shape index (κ2) is 7.17. The number of ether oxygens (including phenoxy) is 1. The minimum Gasteiger partial charge on any atom is -0.489 e. The van der Waals surface area contributed by atoms with Gasteiger partial charge in [0.25, 0.3) is 0 Å². The monoisotopic (exact) mass is 320 g/mol. The number of hydrogen-bond donors (Lipinski definition) is 1. The Morgan fingerprint density at radius 1 is 1.43 bits per heavy atom. The van der Waals surface area contributed by atoms with Gasteiger partial charge in [-0.05, 0) is 36.3 Å². The first-order chi connectivity index (χ1) is 9.74. The lowest BCUT2D eigenvalue weighted by molar-refractivity contribution is -0.139. The van der Waals surface area contributed by atoms with Crippen LogP contribution in [0.3, 0.4) is 0 Å². The van der Waals surface area contributed by atoms with Gasteiger partial charge in [-0.2, -0.15) is 13.2 Å². The summed E-state index contributed by atoms with van der Waals surface area (Å²) in [5.41, 5.74) is 0.927. The summed E-state index contributed by atoms with van der Waals surface area (Å²) in [6.07, 6.45) is -2.78. The maximum atomic E-state index is 13.0. The molecule has 0 radical (unpaired) electrons. The van der Waals surface area contributed by atoms with Crippen molar-refractivity contribution in [2.24, 2.45) is 0 Å². The summed E-state index contributed by atoms with van der Waals surface area (Å²) in [7, 11) is 0. The SMILES string of the molecule is C/C(=C/Cl)COc1ccc(/C=C/C(=O)O)cc1C(F)(F)F. The summed E-state index contributed by atoms with van der Waals surface area (Å²) in [6.45, 7) is 1.54. The number of aliphatic carboxylic acids is 1. The molecule has 1 N–H and O–H groups in total. The van der Waals surface area contributed by atoms with Gasteiger partial charge in [0, 0.05) is 11.6 Å². The molecule has 0 fully saturated rings. The van der Waals surface area contributed by atoms with E-state index in [1.54, 1.807) is 6.92 Å². The van der Waals surface area contributed by atoms with E-state index in [4.69, 9.17) is 21.4 Å². The lowest BCUT2D eigenvalue weighted by atomic mass is 10.1. The van der Waals surface area contributed by atoms with Crippen molar-refractivity contribution in [1.29, 1.82) is 0 Å². The summed E-state index contributed by atoms with van der Waals surface area (Å²) in [6, 6.07) is 3.31. The van der Waals surface area contributed by atoms with Crippen LogP contribution in [0.2, 0.25) is 0 Å². The van der Waals surface area contributed by atoms with Crippen molar-refractivity contribution in [3.63, 3.8) is 0 Å². The highest BCUT2D eigenvalue weighted by Gasteiger charge is 2.34. The van der Waals surface area contributed by atoms with E-state index >= 15 is 0 Å². The molecule has 7 heteroatoms. The molecule has 0 saturated carbocycles. The van der Waals surface area contributed by atoms with Gasteiger partial charge in [-0.25, -0.2) is 4.79 Å². The van der Waals surface area contributed by atoms with Crippen LogP contribution in [0.1, 0.15) is 18.1 Å². The molecule has 1 rings (SSSR count). The van der Waals surface area contributed by atoms with Crippen LogP contribution in [0.4, 0.5) is 13.2 Å². The highest BCUT2D eigenvalue weighted by Crippen LogP contribution is 2.37. The van der Waals surface area contributed by atoms with Crippen molar-refractivity contribution in [2.45, 2.75) is 13.1 Å². The predicted octanol–water partition coefficient (Wildman–Crippen LogP) is 4.32. The van der Waals surface area contributed by atoms with E-state index in [-0.39, 0.29) is 17.9 Å². The number of carboxylic acid groups (broad SMARTS) is 1. The number of rotatable bonds is 5. The van der Waals surface area contributed by atoms with E-state index in [0.29, 0.717) is 5.57 Å². The molecule has 0 saturated heterocycles. The molecular weight excluding hydrogens is 309 g/mol. The molecule has 0 heterocycles. The maximum absolute atomic E-state index is 13.0. The average Bonchev–Trinajstić information content (AvgIpc) is 2.41. The van der Waals surface area contributed by atoms with Crippen LogP contribution >= 0.6 is 11.6 Å². The van der Waals surface area contributed by atoms with Crippen molar-refractivity contribution in [3.8, 4) is 5.75 Å². The van der Waals surface area contributed by atoms with Crippen LogP contribution < -0.4 is 4.74 Å². The Morgan fingerprint density at radius 2 is 2.10 bits per heavy atom. The Labute approximate surface area is 124 Å². The van der Waals surface area contributed by atoms with E-state index in [2.05, 4.69) is 0 Å². The third-order valence-corrected chi connectivity index (χ3v) is 2.74. The number of halogens is 4. The molecule has 1 aromatic rings. The van der Waals surface area contributed by atoms with Crippen molar-refractivity contribution in [1.82, 2.24) is 0 Å². The molecule has 0 aromatic heterocycles. The number of benzene rings is 1. The van der Waals surface area contributed by atoms with Crippen LogP contribution in [0, 0.1) is 0 Å². The van der Waals surface area contributed by atoms with Gasteiger partial charge in [0.2, 0.25) is 0 Å². The number of hydrogen-bond acceptors (Lipinski definition) is 2. The molecule has 0 aliphatic rings. The van der Waals surface area contributed by atoms with Gasteiger partial charge < -0.3 is 9.84 Å². The van der Waals surface area contributed by atoms with E-state index < -0.39 is 17.7 Å². The standard InChI is InChI=1S/C14H12ClF3O3/c1-9(7-15)8-21-12-4-2-10(3-5-13(19)20)6-11(12)14(16,17)18/h2-7H,8H2,1H3,(H,19,20)/b5-3+,9-7-. The van der Waals surface area contributed by atoms with E-state index in [0.717, 1.165) is 24.3 Å². The van der Waals surface area contributed by atoms with Gasteiger partial charge in [-0.3, -0.25) is 0 Å². The van der Waals surface area contributed by atoms with Crippen LogP contribution in [0.15, 0.2) is 35.4 Å². The molecule has 0 aliphatic heterocycles. The van der Waals surface area contributed by atoms with Crippen molar-refractivity contribution in [3.05, 3.63) is 46.5 Å². The second-order valence-electron chi connectivity index (χ2n) is 4.17. The van der Waals surface area contributed by atoms with Gasteiger partial charge in [-0.1, -0.05) is 17.7 Å². The number of alkyl halides is 3. The fraction of sp³-hybridized carbons (Fsp3) is 0.214. The zero-order valence-electron chi connectivity index (χ0n) is 10.9. The first-order valence-corrected chi connectivity index (χ1v) is 6.18. The largest absolute Gasteiger partial charge is 0.489 e. The average molecular weight is 321 g/mol. The summed E-state index contributed by atoms with van der Waals surface area (Å²) < 4.78 is 44.0. The third-order valence-electron chi connectivity index (χ3n) is 2.37. The first kappa shape index (κ1) is 17.1. The molecule has 114 valence electrons. The van der Waals surface area contributed by atoms with Gasteiger partial charge in [-0.15, -0.1) is 0 Å². The van der Waals surface area contributed by atoms with Crippen LogP contribution in [0.5, 0.6) is 5.75 Å². The molecule has 0 aliphatic carbocycles. The molecule has 0 amide bonds. The van der Waals surface area contributed by atoms with Crippen LogP contribution in [-0.4, -0.2) is 17.7 Å². The molecular formula is C14H12ClF3O3. The third kappa shape index (κ3) is 5.51. The zero-order chi connectivity index (χ0) is 16.0. The Hall–Kier alpha value is -1.95. The van der Waals surface area contributed by atoms with Gasteiger partial charge >= 0.3 is 12.1 Å². The topological polar surface area (TPSA) is 46.5 Å². The fourth-order valence-corrected chi connectivity index (χ4v) is 1.45. The molecule has 0 unspecified atom stereocenters. The molecule has 3 nitrogen and oxygen atoms in total. The smallest absolute Gasteiger partial charge is 0.419 e. The Morgan fingerprint density at radius 3 is 2.62 bits per heavy atom. The fourth-order valence-electron chi connectivity index (χ4n) is 1.39. The van der Waals surface area contributed by atoms with E-state index in [9.17, 15) is 18.0 Å². The highest BCUT2D eigenvalue weighted by molar-refractivity contribution is 6.25. The lowest BCUT2D eigenvalue weighted by Crippen LogP contribution is -2.10. The Kier molecular flexibility index (Phi) is 5.84. The molecule has 1 aromatic carbocycles. The summed E-state index contributed by atoms with van der Waals surface area (Å²) in [5, 5.41) is 8.48. The van der Waals surface area contributed by atoms with Crippen LogP contribution in [-0.2, 0) is 11.0 Å². The van der Waals surface area contributed by atoms with Crippen molar-refractivity contribution >= 4 is 23.6 Å². The summed E-state index contributed by atoms with van der Waals surface area (Å²) in [4.78, 5) is 10.4. The van der Waals surface area contributed by atoms with Crippen molar-refractivity contribution < 1.29 is 27.8 Å². The first-order valence-electron chi connectivity index (χ1n) is 5.75. The minimum atomic E-state index is -4.61. The maximum Gasteiger partial charge on any atom is 0.419 e. The zero-order valence-corrected chi connectivity index (χ0v) is 11.7. The highest BCUT2D eigenvalue weighted by atomic mass is 35.5.